The molecule has 0 aliphatic heterocycles. The number of nitrogens with zero attached hydrogens (tertiary/aromatic N) is 2. The summed E-state index contributed by atoms with van der Waals surface area (Å²) in [5, 5.41) is 19.2. The molecule has 0 bridgehead atoms. The predicted molar refractivity (Wildman–Crippen MR) is 107 cm³/mol. The molecule has 7 heteroatoms. The molecule has 23 heavy (non-hydrogen) atoms. The Hall–Kier alpha value is -1.35. The molecule has 3 N–H and O–H groups in total. The van der Waals surface area contributed by atoms with Crippen LogP contribution in [0, 0.1) is 6.92 Å². The van der Waals surface area contributed by atoms with Crippen LogP contribution in [0.5, 0.6) is 5.75 Å². The van der Waals surface area contributed by atoms with E-state index in [1.54, 1.807) is 23.5 Å². The third-order valence-corrected chi connectivity index (χ3v) is 3.84. The van der Waals surface area contributed by atoms with Gasteiger partial charge in [-0.3, -0.25) is 0 Å². The van der Waals surface area contributed by atoms with Crippen molar-refractivity contribution in [3.63, 3.8) is 0 Å². The molecule has 2 rings (SSSR count). The van der Waals surface area contributed by atoms with Crippen LogP contribution in [0.4, 0.5) is 0 Å². The summed E-state index contributed by atoms with van der Waals surface area (Å²) in [7, 11) is 0. The summed E-state index contributed by atoms with van der Waals surface area (Å²) in [6.07, 6.45) is 0.876. The Labute approximate surface area is 158 Å². The maximum absolute atomic E-state index is 9.47. The monoisotopic (exact) mass is 446 g/mol. The maximum Gasteiger partial charge on any atom is 0.191 e. The lowest BCUT2D eigenvalue weighted by molar-refractivity contribution is 0.474. The van der Waals surface area contributed by atoms with Crippen molar-refractivity contribution in [3.8, 4) is 5.75 Å². The molecule has 0 saturated carbocycles. The number of aromatic hydroxyl groups is 1. The van der Waals surface area contributed by atoms with Crippen LogP contribution >= 0.6 is 35.3 Å². The fourth-order valence-corrected chi connectivity index (χ4v) is 2.65. The molecule has 1 aromatic carbocycles. The normalized spacial score (nSPS) is 11.0. The average Bonchev–Trinajstić information content (AvgIpc) is 2.90. The van der Waals surface area contributed by atoms with Crippen LogP contribution in [0.3, 0.4) is 0 Å². The summed E-state index contributed by atoms with van der Waals surface area (Å²) >= 11 is 1.67. The molecule has 2 aromatic rings. The number of nitrogens with one attached hydrogen (secondary N) is 2. The Morgan fingerprint density at radius 2 is 2.17 bits per heavy atom. The number of guanidine groups is 1. The van der Waals surface area contributed by atoms with Gasteiger partial charge in [-0.1, -0.05) is 12.1 Å². The first-order valence-corrected chi connectivity index (χ1v) is 8.26. The van der Waals surface area contributed by atoms with Crippen molar-refractivity contribution in [2.45, 2.75) is 26.8 Å². The van der Waals surface area contributed by atoms with Crippen LogP contribution in [-0.2, 0) is 13.0 Å². The summed E-state index contributed by atoms with van der Waals surface area (Å²) in [4.78, 5) is 8.97. The number of rotatable bonds is 6. The van der Waals surface area contributed by atoms with Gasteiger partial charge in [-0.25, -0.2) is 9.98 Å². The Morgan fingerprint density at radius 1 is 1.35 bits per heavy atom. The first-order valence-electron chi connectivity index (χ1n) is 7.38. The van der Waals surface area contributed by atoms with E-state index in [1.165, 1.54) is 0 Å². The number of aliphatic imine (C=N–C) groups is 1. The first-order chi connectivity index (χ1) is 10.7. The van der Waals surface area contributed by atoms with Gasteiger partial charge in [-0.2, -0.15) is 0 Å². The maximum atomic E-state index is 9.47. The third kappa shape index (κ3) is 7.17. The summed E-state index contributed by atoms with van der Waals surface area (Å²) in [6.45, 7) is 6.17. The van der Waals surface area contributed by atoms with Crippen molar-refractivity contribution >= 4 is 41.3 Å². The van der Waals surface area contributed by atoms with Crippen molar-refractivity contribution < 1.29 is 5.11 Å². The lowest BCUT2D eigenvalue weighted by Gasteiger charge is -2.10. The molecule has 0 aliphatic carbocycles. The van der Waals surface area contributed by atoms with Crippen molar-refractivity contribution in [2.75, 3.05) is 13.1 Å². The van der Waals surface area contributed by atoms with Gasteiger partial charge in [0.1, 0.15) is 5.75 Å². The van der Waals surface area contributed by atoms with E-state index in [9.17, 15) is 5.11 Å². The highest BCUT2D eigenvalue weighted by atomic mass is 127. The Balaban J connectivity index is 0.00000264. The van der Waals surface area contributed by atoms with E-state index in [0.717, 1.165) is 41.7 Å². The van der Waals surface area contributed by atoms with Crippen LogP contribution in [0.25, 0.3) is 0 Å². The molecule has 0 radical (unpaired) electrons. The largest absolute Gasteiger partial charge is 0.508 e. The molecule has 1 heterocycles. The number of thiazole rings is 1. The van der Waals surface area contributed by atoms with Gasteiger partial charge in [0.05, 0.1) is 17.2 Å². The number of phenols is 1. The van der Waals surface area contributed by atoms with Crippen LogP contribution in [0.1, 0.15) is 23.2 Å². The quantitative estimate of drug-likeness (QED) is 0.363. The zero-order valence-electron chi connectivity index (χ0n) is 13.4. The molecule has 0 aliphatic rings. The third-order valence-electron chi connectivity index (χ3n) is 3.01. The predicted octanol–water partition coefficient (Wildman–Crippen LogP) is 3.07. The molecule has 0 atom stereocenters. The van der Waals surface area contributed by atoms with Crippen LogP contribution in [0.15, 0.2) is 34.6 Å². The molecular weight excluding hydrogens is 423 g/mol. The van der Waals surface area contributed by atoms with Crippen molar-refractivity contribution in [2.24, 2.45) is 4.99 Å². The van der Waals surface area contributed by atoms with E-state index in [0.29, 0.717) is 6.54 Å². The van der Waals surface area contributed by atoms with Gasteiger partial charge in [0.15, 0.2) is 5.96 Å². The number of halogens is 1. The Morgan fingerprint density at radius 3 is 2.83 bits per heavy atom. The highest BCUT2D eigenvalue weighted by molar-refractivity contribution is 14.0. The molecule has 0 amide bonds. The standard InChI is InChI=1S/C16H22N4OS.HI/c1-3-17-16(18-8-7-14-11-22-12(2)20-14)19-10-13-5-4-6-15(21)9-13;/h4-6,9,11,21H,3,7-8,10H2,1-2H3,(H2,17,18,19);1H. The van der Waals surface area contributed by atoms with Gasteiger partial charge >= 0.3 is 0 Å². The first kappa shape index (κ1) is 19.7. The van der Waals surface area contributed by atoms with Gasteiger partial charge in [0, 0.05) is 24.9 Å². The van der Waals surface area contributed by atoms with E-state index in [2.05, 4.69) is 26.0 Å². The van der Waals surface area contributed by atoms with E-state index in [1.807, 2.05) is 26.0 Å². The molecule has 5 nitrogen and oxygen atoms in total. The summed E-state index contributed by atoms with van der Waals surface area (Å²) in [5.41, 5.74) is 2.09. The number of aryl methyl sites for hydroxylation is 1. The lowest BCUT2D eigenvalue weighted by atomic mass is 10.2. The number of hydrogen-bond acceptors (Lipinski definition) is 4. The number of hydrogen-bond donors (Lipinski definition) is 3. The van der Waals surface area contributed by atoms with Crippen LogP contribution in [0.2, 0.25) is 0 Å². The average molecular weight is 446 g/mol. The highest BCUT2D eigenvalue weighted by Gasteiger charge is 2.01. The molecule has 0 spiro atoms. The van der Waals surface area contributed by atoms with Crippen molar-refractivity contribution in [1.82, 2.24) is 15.6 Å². The number of phenolic OH excluding ortho intramolecular Hbond substituents is 1. The summed E-state index contributed by atoms with van der Waals surface area (Å²) in [5.74, 6) is 1.04. The van der Waals surface area contributed by atoms with Gasteiger partial charge in [-0.15, -0.1) is 35.3 Å². The minimum absolute atomic E-state index is 0. The minimum atomic E-state index is 0. The fraction of sp³-hybridized carbons (Fsp3) is 0.375. The van der Waals surface area contributed by atoms with E-state index >= 15 is 0 Å². The number of aromatic nitrogens is 1. The Kier molecular flexibility index (Phi) is 8.93. The van der Waals surface area contributed by atoms with Crippen molar-refractivity contribution in [1.29, 1.82) is 0 Å². The van der Waals surface area contributed by atoms with Gasteiger partial charge < -0.3 is 15.7 Å². The second kappa shape index (κ2) is 10.4. The Bertz CT molecular complexity index is 630. The topological polar surface area (TPSA) is 69.5 Å². The van der Waals surface area contributed by atoms with Crippen LogP contribution in [-0.4, -0.2) is 29.1 Å². The number of benzene rings is 1. The molecular formula is C16H23IN4OS. The minimum Gasteiger partial charge on any atom is -0.508 e. The zero-order chi connectivity index (χ0) is 15.8. The van der Waals surface area contributed by atoms with Gasteiger partial charge in [-0.05, 0) is 31.5 Å². The van der Waals surface area contributed by atoms with Crippen molar-refractivity contribution in [3.05, 3.63) is 45.9 Å². The SMILES string of the molecule is CCNC(=NCc1cccc(O)c1)NCCc1csc(C)n1.I. The highest BCUT2D eigenvalue weighted by Crippen LogP contribution is 2.11. The van der Waals surface area contributed by atoms with Gasteiger partial charge in [0.2, 0.25) is 0 Å². The van der Waals surface area contributed by atoms with E-state index in [4.69, 9.17) is 0 Å². The summed E-state index contributed by atoms with van der Waals surface area (Å²) in [6, 6.07) is 7.16. The molecule has 1 aromatic heterocycles. The van der Waals surface area contributed by atoms with E-state index in [-0.39, 0.29) is 29.7 Å². The second-order valence-corrected chi connectivity index (χ2v) is 5.96. The van der Waals surface area contributed by atoms with Crippen LogP contribution < -0.4 is 10.6 Å². The lowest BCUT2D eigenvalue weighted by Crippen LogP contribution is -2.38. The fourth-order valence-electron chi connectivity index (χ4n) is 2.00. The smallest absolute Gasteiger partial charge is 0.191 e. The molecule has 0 unspecified atom stereocenters. The molecule has 0 fully saturated rings. The van der Waals surface area contributed by atoms with E-state index < -0.39 is 0 Å². The molecule has 126 valence electrons. The van der Waals surface area contributed by atoms with Gasteiger partial charge in [0.25, 0.3) is 0 Å². The zero-order valence-corrected chi connectivity index (χ0v) is 16.5. The second-order valence-electron chi connectivity index (χ2n) is 4.90. The summed E-state index contributed by atoms with van der Waals surface area (Å²) < 4.78 is 0. The molecule has 0 saturated heterocycles.